The molecule has 18 heavy (non-hydrogen) atoms. The average molecular weight is 242 g/mol. The van der Waals surface area contributed by atoms with Crippen LogP contribution in [0.2, 0.25) is 0 Å². The molecule has 0 amide bonds. The van der Waals surface area contributed by atoms with E-state index in [9.17, 15) is 0 Å². The summed E-state index contributed by atoms with van der Waals surface area (Å²) in [6.07, 6.45) is 0. The molecular weight excluding hydrogens is 220 g/mol. The maximum Gasteiger partial charge on any atom is 0.0206 e. The first-order valence-electron chi connectivity index (χ1n) is 6.66. The predicted molar refractivity (Wildman–Crippen MR) is 78.8 cm³/mol. The number of hydrogen-bond donors (Lipinski definition) is 1. The Labute approximate surface area is 110 Å². The van der Waals surface area contributed by atoms with Crippen LogP contribution in [-0.2, 0) is 6.54 Å². The monoisotopic (exact) mass is 242 g/mol. The quantitative estimate of drug-likeness (QED) is 0.784. The molecule has 0 spiro atoms. The van der Waals surface area contributed by atoms with Gasteiger partial charge < -0.3 is 10.2 Å². The molecule has 2 nitrogen and oxygen atoms in total. The molecule has 0 aliphatic heterocycles. The standard InChI is InChI=1S/C16H22N2/c1-3-18(2)11-10-17-13-14-8-9-15-6-4-5-7-16(15)12-14/h4-9,12,17H,3,10-11,13H2,1-2H3. The van der Waals surface area contributed by atoms with Gasteiger partial charge >= 0.3 is 0 Å². The van der Waals surface area contributed by atoms with Crippen LogP contribution in [0.5, 0.6) is 0 Å². The lowest BCUT2D eigenvalue weighted by molar-refractivity contribution is 0.349. The second-order valence-electron chi connectivity index (χ2n) is 4.75. The van der Waals surface area contributed by atoms with E-state index in [2.05, 4.69) is 66.7 Å². The molecule has 0 aromatic heterocycles. The van der Waals surface area contributed by atoms with Crippen LogP contribution in [0.4, 0.5) is 0 Å². The maximum atomic E-state index is 3.49. The summed E-state index contributed by atoms with van der Waals surface area (Å²) in [7, 11) is 2.15. The largest absolute Gasteiger partial charge is 0.311 e. The number of hydrogen-bond acceptors (Lipinski definition) is 2. The summed E-state index contributed by atoms with van der Waals surface area (Å²) in [6, 6.07) is 15.2. The van der Waals surface area contributed by atoms with E-state index in [0.29, 0.717) is 0 Å². The summed E-state index contributed by atoms with van der Waals surface area (Å²) in [4.78, 5) is 2.31. The SMILES string of the molecule is CCN(C)CCNCc1ccc2ccccc2c1. The van der Waals surface area contributed by atoms with Crippen molar-refractivity contribution in [1.82, 2.24) is 10.2 Å². The molecule has 0 atom stereocenters. The Bertz CT molecular complexity index is 493. The van der Waals surface area contributed by atoms with E-state index in [1.165, 1.54) is 16.3 Å². The molecule has 0 radical (unpaired) electrons. The maximum absolute atomic E-state index is 3.49. The third-order valence-corrected chi connectivity index (χ3v) is 3.35. The number of rotatable bonds is 6. The molecule has 1 N–H and O–H groups in total. The Hall–Kier alpha value is -1.38. The summed E-state index contributed by atoms with van der Waals surface area (Å²) < 4.78 is 0. The van der Waals surface area contributed by atoms with Gasteiger partial charge in [-0.3, -0.25) is 0 Å². The molecule has 0 unspecified atom stereocenters. The van der Waals surface area contributed by atoms with Gasteiger partial charge in [0.15, 0.2) is 0 Å². The van der Waals surface area contributed by atoms with Gasteiger partial charge in [-0.25, -0.2) is 0 Å². The second-order valence-corrected chi connectivity index (χ2v) is 4.75. The molecule has 0 aliphatic carbocycles. The van der Waals surface area contributed by atoms with Crippen molar-refractivity contribution >= 4 is 10.8 Å². The molecule has 2 rings (SSSR count). The summed E-state index contributed by atoms with van der Waals surface area (Å²) >= 11 is 0. The Morgan fingerprint density at radius 3 is 2.61 bits per heavy atom. The fourth-order valence-electron chi connectivity index (χ4n) is 2.01. The van der Waals surface area contributed by atoms with Crippen molar-refractivity contribution in [1.29, 1.82) is 0 Å². The highest BCUT2D eigenvalue weighted by Gasteiger charge is 1.97. The molecule has 0 fully saturated rings. The number of nitrogens with one attached hydrogen (secondary N) is 1. The lowest BCUT2D eigenvalue weighted by atomic mass is 10.1. The van der Waals surface area contributed by atoms with E-state index in [-0.39, 0.29) is 0 Å². The highest BCUT2D eigenvalue weighted by atomic mass is 15.1. The van der Waals surface area contributed by atoms with E-state index >= 15 is 0 Å². The van der Waals surface area contributed by atoms with Gasteiger partial charge in [0.25, 0.3) is 0 Å². The lowest BCUT2D eigenvalue weighted by Gasteiger charge is -2.14. The predicted octanol–water partition coefficient (Wildman–Crippen LogP) is 2.88. The van der Waals surface area contributed by atoms with Gasteiger partial charge in [0.1, 0.15) is 0 Å². The number of likely N-dealkylation sites (N-methyl/N-ethyl adjacent to an activating group) is 1. The van der Waals surface area contributed by atoms with Crippen LogP contribution < -0.4 is 5.32 Å². The Balaban J connectivity index is 1.88. The minimum Gasteiger partial charge on any atom is -0.311 e. The molecule has 0 heterocycles. The zero-order valence-electron chi connectivity index (χ0n) is 11.3. The Kier molecular flexibility index (Phi) is 4.73. The topological polar surface area (TPSA) is 15.3 Å². The Morgan fingerprint density at radius 2 is 1.83 bits per heavy atom. The van der Waals surface area contributed by atoms with Crippen molar-refractivity contribution in [3.8, 4) is 0 Å². The molecule has 2 aromatic rings. The van der Waals surface area contributed by atoms with E-state index in [0.717, 1.165) is 26.2 Å². The zero-order chi connectivity index (χ0) is 12.8. The lowest BCUT2D eigenvalue weighted by Crippen LogP contribution is -2.28. The van der Waals surface area contributed by atoms with E-state index in [1.807, 2.05) is 0 Å². The van der Waals surface area contributed by atoms with E-state index in [1.54, 1.807) is 0 Å². The van der Waals surface area contributed by atoms with Crippen LogP contribution in [-0.4, -0.2) is 31.6 Å². The van der Waals surface area contributed by atoms with Crippen molar-refractivity contribution in [2.45, 2.75) is 13.5 Å². The number of benzene rings is 2. The molecule has 0 saturated heterocycles. The Morgan fingerprint density at radius 1 is 1.06 bits per heavy atom. The van der Waals surface area contributed by atoms with Gasteiger partial charge in [-0.05, 0) is 36.0 Å². The van der Waals surface area contributed by atoms with Gasteiger partial charge in [-0.2, -0.15) is 0 Å². The van der Waals surface area contributed by atoms with Crippen molar-refractivity contribution in [3.63, 3.8) is 0 Å². The first-order chi connectivity index (χ1) is 8.79. The van der Waals surface area contributed by atoms with Gasteiger partial charge in [0, 0.05) is 19.6 Å². The van der Waals surface area contributed by atoms with E-state index in [4.69, 9.17) is 0 Å². The second kappa shape index (κ2) is 6.53. The van der Waals surface area contributed by atoms with Crippen LogP contribution in [0, 0.1) is 0 Å². The minimum atomic E-state index is 0.947. The average Bonchev–Trinajstić information content (AvgIpc) is 2.43. The number of nitrogens with zero attached hydrogens (tertiary/aromatic N) is 1. The molecule has 0 bridgehead atoms. The number of fused-ring (bicyclic) bond motifs is 1. The first-order valence-corrected chi connectivity index (χ1v) is 6.66. The van der Waals surface area contributed by atoms with Crippen molar-refractivity contribution in [2.24, 2.45) is 0 Å². The third kappa shape index (κ3) is 3.56. The van der Waals surface area contributed by atoms with Crippen molar-refractivity contribution in [3.05, 3.63) is 48.0 Å². The van der Waals surface area contributed by atoms with Crippen LogP contribution in [0.25, 0.3) is 10.8 Å². The van der Waals surface area contributed by atoms with E-state index < -0.39 is 0 Å². The smallest absolute Gasteiger partial charge is 0.0206 e. The molecular formula is C16H22N2. The fourth-order valence-corrected chi connectivity index (χ4v) is 2.01. The van der Waals surface area contributed by atoms with Crippen molar-refractivity contribution in [2.75, 3.05) is 26.7 Å². The van der Waals surface area contributed by atoms with Gasteiger partial charge in [-0.15, -0.1) is 0 Å². The van der Waals surface area contributed by atoms with Gasteiger partial charge in [0.2, 0.25) is 0 Å². The van der Waals surface area contributed by atoms with Crippen LogP contribution in [0.3, 0.4) is 0 Å². The third-order valence-electron chi connectivity index (χ3n) is 3.35. The highest BCUT2D eigenvalue weighted by molar-refractivity contribution is 5.82. The molecule has 2 aromatic carbocycles. The first kappa shape index (κ1) is 13.1. The zero-order valence-corrected chi connectivity index (χ0v) is 11.3. The van der Waals surface area contributed by atoms with Gasteiger partial charge in [-0.1, -0.05) is 43.3 Å². The highest BCUT2D eigenvalue weighted by Crippen LogP contribution is 2.15. The fraction of sp³-hybridized carbons (Fsp3) is 0.375. The van der Waals surface area contributed by atoms with Gasteiger partial charge in [0.05, 0.1) is 0 Å². The normalized spacial score (nSPS) is 11.3. The molecule has 2 heteroatoms. The van der Waals surface area contributed by atoms with Crippen LogP contribution >= 0.6 is 0 Å². The van der Waals surface area contributed by atoms with Crippen LogP contribution in [0.1, 0.15) is 12.5 Å². The van der Waals surface area contributed by atoms with Crippen LogP contribution in [0.15, 0.2) is 42.5 Å². The molecule has 0 aliphatic rings. The molecule has 96 valence electrons. The minimum absolute atomic E-state index is 0.947. The summed E-state index contributed by atoms with van der Waals surface area (Å²) in [5.41, 5.74) is 1.35. The summed E-state index contributed by atoms with van der Waals surface area (Å²) in [5, 5.41) is 6.12. The van der Waals surface area contributed by atoms with Crippen molar-refractivity contribution < 1.29 is 0 Å². The summed E-state index contributed by atoms with van der Waals surface area (Å²) in [6.45, 7) is 6.38. The summed E-state index contributed by atoms with van der Waals surface area (Å²) in [5.74, 6) is 0. The molecule has 0 saturated carbocycles.